The minimum atomic E-state index is 0.124. The van der Waals surface area contributed by atoms with Gasteiger partial charge in [-0.25, -0.2) is 0 Å². The summed E-state index contributed by atoms with van der Waals surface area (Å²) in [6, 6.07) is 5.44. The van der Waals surface area contributed by atoms with Crippen molar-refractivity contribution in [3.05, 3.63) is 34.3 Å². The summed E-state index contributed by atoms with van der Waals surface area (Å²) in [4.78, 5) is 11.3. The van der Waals surface area contributed by atoms with Gasteiger partial charge in [-0.1, -0.05) is 23.7 Å². The van der Waals surface area contributed by atoms with Crippen LogP contribution in [-0.2, 0) is 6.54 Å². The zero-order chi connectivity index (χ0) is 8.55. The van der Waals surface area contributed by atoms with E-state index in [0.717, 1.165) is 11.1 Å². The lowest BCUT2D eigenvalue weighted by Gasteiger charge is -2.16. The second-order valence-corrected chi connectivity index (χ2v) is 3.20. The molecule has 0 bridgehead atoms. The Balaban J connectivity index is 2.59. The van der Waals surface area contributed by atoms with Crippen LogP contribution in [0.2, 0.25) is 5.02 Å². The van der Waals surface area contributed by atoms with Crippen LogP contribution in [0.5, 0.6) is 0 Å². The summed E-state index contributed by atoms with van der Waals surface area (Å²) in [7, 11) is 0. The third-order valence-corrected chi connectivity index (χ3v) is 2.36. The molecule has 0 radical (unpaired) electrons. The Morgan fingerprint density at radius 3 is 2.92 bits per heavy atom. The van der Waals surface area contributed by atoms with Gasteiger partial charge in [-0.2, -0.15) is 0 Å². The second-order valence-electron chi connectivity index (χ2n) is 2.79. The number of carbonyl (C=O) groups is 1. The number of nitrogens with one attached hydrogen (secondary N) is 1. The third-order valence-electron chi connectivity index (χ3n) is 2.01. The zero-order valence-corrected chi connectivity index (χ0v) is 7.19. The van der Waals surface area contributed by atoms with Crippen molar-refractivity contribution in [2.45, 2.75) is 6.54 Å². The first-order chi connectivity index (χ1) is 5.79. The fourth-order valence-electron chi connectivity index (χ4n) is 1.40. The quantitative estimate of drug-likeness (QED) is 0.659. The normalized spacial score (nSPS) is 15.9. The lowest BCUT2D eigenvalue weighted by atomic mass is 10.0. The molecule has 1 aliphatic heterocycles. The maximum atomic E-state index is 11.3. The van der Waals surface area contributed by atoms with Crippen LogP contribution in [0.3, 0.4) is 0 Å². The van der Waals surface area contributed by atoms with Gasteiger partial charge in [0.1, 0.15) is 0 Å². The topological polar surface area (TPSA) is 29.1 Å². The maximum Gasteiger partial charge on any atom is 0.176 e. The lowest BCUT2D eigenvalue weighted by Crippen LogP contribution is -2.29. The SMILES string of the molecule is O=C1CNCc2c(Cl)cccc21. The molecule has 3 heteroatoms. The number of halogens is 1. The van der Waals surface area contributed by atoms with Gasteiger partial charge < -0.3 is 5.32 Å². The van der Waals surface area contributed by atoms with Gasteiger partial charge in [-0.3, -0.25) is 4.79 Å². The number of carbonyl (C=O) groups excluding carboxylic acids is 1. The van der Waals surface area contributed by atoms with Crippen molar-refractivity contribution in [3.63, 3.8) is 0 Å². The summed E-state index contributed by atoms with van der Waals surface area (Å²) < 4.78 is 0. The minimum Gasteiger partial charge on any atom is -0.306 e. The third kappa shape index (κ3) is 1.13. The Kier molecular flexibility index (Phi) is 1.87. The predicted octanol–water partition coefficient (Wildman–Crippen LogP) is 1.63. The Hall–Kier alpha value is -0.860. The Morgan fingerprint density at radius 2 is 2.17 bits per heavy atom. The number of rotatable bonds is 0. The number of fused-ring (bicyclic) bond motifs is 1. The average Bonchev–Trinajstić information content (AvgIpc) is 2.07. The number of Topliss-reactive ketones (excluding diaryl/α,β-unsaturated/α-hetero) is 1. The highest BCUT2D eigenvalue weighted by molar-refractivity contribution is 6.32. The van der Waals surface area contributed by atoms with Crippen molar-refractivity contribution in [1.82, 2.24) is 5.32 Å². The molecule has 12 heavy (non-hydrogen) atoms. The molecule has 0 saturated heterocycles. The van der Waals surface area contributed by atoms with Crippen LogP contribution in [0.4, 0.5) is 0 Å². The van der Waals surface area contributed by atoms with Gasteiger partial charge in [0.05, 0.1) is 6.54 Å². The van der Waals surface area contributed by atoms with E-state index in [1.807, 2.05) is 12.1 Å². The average molecular weight is 182 g/mol. The highest BCUT2D eigenvalue weighted by Gasteiger charge is 2.17. The molecule has 62 valence electrons. The fraction of sp³-hybridized carbons (Fsp3) is 0.222. The number of ketones is 1. The van der Waals surface area contributed by atoms with Gasteiger partial charge in [0.25, 0.3) is 0 Å². The lowest BCUT2D eigenvalue weighted by molar-refractivity contribution is 0.0982. The fourth-order valence-corrected chi connectivity index (χ4v) is 1.64. The van der Waals surface area contributed by atoms with Gasteiger partial charge in [-0.05, 0) is 11.6 Å². The van der Waals surface area contributed by atoms with Gasteiger partial charge in [0.15, 0.2) is 5.78 Å². The first-order valence-corrected chi connectivity index (χ1v) is 4.18. The first kappa shape index (κ1) is 7.77. The standard InChI is InChI=1S/C9H8ClNO/c10-8-3-1-2-6-7(8)4-11-5-9(6)12/h1-3,11H,4-5H2. The first-order valence-electron chi connectivity index (χ1n) is 3.80. The number of hydrogen-bond acceptors (Lipinski definition) is 2. The molecule has 0 atom stereocenters. The summed E-state index contributed by atoms with van der Waals surface area (Å²) in [6.45, 7) is 1.12. The van der Waals surface area contributed by atoms with Crippen LogP contribution in [-0.4, -0.2) is 12.3 Å². The van der Waals surface area contributed by atoms with Crippen LogP contribution in [0.1, 0.15) is 15.9 Å². The van der Waals surface area contributed by atoms with E-state index in [1.54, 1.807) is 6.07 Å². The molecule has 1 aromatic rings. The molecule has 2 rings (SSSR count). The van der Waals surface area contributed by atoms with E-state index in [1.165, 1.54) is 0 Å². The minimum absolute atomic E-state index is 0.124. The van der Waals surface area contributed by atoms with E-state index < -0.39 is 0 Å². The molecule has 1 aromatic carbocycles. The van der Waals surface area contributed by atoms with Crippen LogP contribution in [0, 0.1) is 0 Å². The second kappa shape index (κ2) is 2.88. The Bertz CT molecular complexity index is 335. The van der Waals surface area contributed by atoms with Gasteiger partial charge in [0, 0.05) is 17.1 Å². The van der Waals surface area contributed by atoms with E-state index >= 15 is 0 Å². The molecule has 1 aliphatic rings. The molecule has 0 aliphatic carbocycles. The highest BCUT2D eigenvalue weighted by atomic mass is 35.5. The van der Waals surface area contributed by atoms with Crippen LogP contribution in [0.15, 0.2) is 18.2 Å². The van der Waals surface area contributed by atoms with Gasteiger partial charge in [-0.15, -0.1) is 0 Å². The summed E-state index contributed by atoms with van der Waals surface area (Å²) in [5.74, 6) is 0.124. The molecule has 0 aromatic heterocycles. The van der Waals surface area contributed by atoms with Crippen molar-refractivity contribution in [2.75, 3.05) is 6.54 Å². The molecule has 0 amide bonds. The van der Waals surface area contributed by atoms with Crippen molar-refractivity contribution in [2.24, 2.45) is 0 Å². The monoisotopic (exact) mass is 181 g/mol. The maximum absolute atomic E-state index is 11.3. The zero-order valence-electron chi connectivity index (χ0n) is 6.43. The highest BCUT2D eigenvalue weighted by Crippen LogP contribution is 2.22. The number of benzene rings is 1. The van der Waals surface area contributed by atoms with E-state index in [2.05, 4.69) is 5.32 Å². The Labute approximate surface area is 75.5 Å². The van der Waals surface area contributed by atoms with Crippen LogP contribution < -0.4 is 5.32 Å². The molecule has 0 fully saturated rings. The Morgan fingerprint density at radius 1 is 1.33 bits per heavy atom. The largest absolute Gasteiger partial charge is 0.306 e. The van der Waals surface area contributed by atoms with E-state index in [-0.39, 0.29) is 5.78 Å². The summed E-state index contributed by atoms with van der Waals surface area (Å²) >= 11 is 5.92. The van der Waals surface area contributed by atoms with E-state index in [4.69, 9.17) is 11.6 Å². The molecular weight excluding hydrogens is 174 g/mol. The summed E-state index contributed by atoms with van der Waals surface area (Å²) in [5.41, 5.74) is 1.69. The van der Waals surface area contributed by atoms with Crippen molar-refractivity contribution in [1.29, 1.82) is 0 Å². The molecule has 2 nitrogen and oxygen atoms in total. The summed E-state index contributed by atoms with van der Waals surface area (Å²) in [6.07, 6.45) is 0. The molecule has 1 N–H and O–H groups in total. The van der Waals surface area contributed by atoms with Gasteiger partial charge in [0.2, 0.25) is 0 Å². The molecule has 0 spiro atoms. The molecule has 1 heterocycles. The predicted molar refractivity (Wildman–Crippen MR) is 47.5 cm³/mol. The number of hydrogen-bond donors (Lipinski definition) is 1. The molecule has 0 unspecified atom stereocenters. The van der Waals surface area contributed by atoms with E-state index in [9.17, 15) is 4.79 Å². The smallest absolute Gasteiger partial charge is 0.176 e. The molecule has 0 saturated carbocycles. The van der Waals surface area contributed by atoms with Crippen molar-refractivity contribution in [3.8, 4) is 0 Å². The van der Waals surface area contributed by atoms with Crippen LogP contribution in [0.25, 0.3) is 0 Å². The summed E-state index contributed by atoms with van der Waals surface area (Å²) in [5, 5.41) is 3.67. The van der Waals surface area contributed by atoms with Crippen LogP contribution >= 0.6 is 11.6 Å². The molecular formula is C9H8ClNO. The van der Waals surface area contributed by atoms with Crippen molar-refractivity contribution >= 4 is 17.4 Å². The van der Waals surface area contributed by atoms with Gasteiger partial charge >= 0.3 is 0 Å². The van der Waals surface area contributed by atoms with E-state index in [0.29, 0.717) is 18.1 Å². The van der Waals surface area contributed by atoms with Crippen molar-refractivity contribution < 1.29 is 4.79 Å².